The molecule has 3 aromatic rings. The molecule has 1 atom stereocenters. The van der Waals surface area contributed by atoms with Crippen molar-refractivity contribution in [3.05, 3.63) is 99.6 Å². The quantitative estimate of drug-likeness (QED) is 0.351. The highest BCUT2D eigenvalue weighted by molar-refractivity contribution is 7.98. The molecule has 0 fully saturated rings. The first kappa shape index (κ1) is 20.1. The molecule has 0 bridgehead atoms. The second-order valence-electron chi connectivity index (χ2n) is 7.09. The third kappa shape index (κ3) is 4.36. The Hall–Kier alpha value is -3.19. The number of aromatic nitrogens is 2. The Balaban J connectivity index is 1.61. The minimum absolute atomic E-state index is 0.171. The molecule has 1 aliphatic heterocycles. The van der Waals surface area contributed by atoms with Gasteiger partial charge in [-0.3, -0.25) is 9.59 Å². The molecule has 4 rings (SSSR count). The van der Waals surface area contributed by atoms with Gasteiger partial charge in [0.05, 0.1) is 5.56 Å². The van der Waals surface area contributed by atoms with Gasteiger partial charge in [0.15, 0.2) is 5.16 Å². The van der Waals surface area contributed by atoms with Gasteiger partial charge in [-0.25, -0.2) is 9.37 Å². The van der Waals surface area contributed by atoms with E-state index < -0.39 is 0 Å². The van der Waals surface area contributed by atoms with E-state index in [-0.39, 0.29) is 29.6 Å². The summed E-state index contributed by atoms with van der Waals surface area (Å²) in [6.45, 7) is 3.74. The Labute approximate surface area is 177 Å². The van der Waals surface area contributed by atoms with Crippen molar-refractivity contribution in [3.8, 4) is 0 Å². The number of hydrogen-bond acceptors (Lipinski definition) is 4. The van der Waals surface area contributed by atoms with E-state index in [1.165, 1.54) is 23.9 Å². The summed E-state index contributed by atoms with van der Waals surface area (Å²) in [7, 11) is 0. The SMILES string of the molecule is C=CCc1ccc(C2CC(=O)Nc3nc(SCc4ccc(F)cc4)[nH]c(=O)c32)cc1. The van der Waals surface area contributed by atoms with Gasteiger partial charge in [-0.05, 0) is 35.2 Å². The summed E-state index contributed by atoms with van der Waals surface area (Å²) in [6, 6.07) is 14.0. The number of nitrogens with zero attached hydrogens (tertiary/aromatic N) is 1. The van der Waals surface area contributed by atoms with Crippen molar-refractivity contribution in [2.24, 2.45) is 0 Å². The van der Waals surface area contributed by atoms with E-state index in [1.54, 1.807) is 12.1 Å². The number of anilines is 1. The van der Waals surface area contributed by atoms with Crippen LogP contribution in [0, 0.1) is 5.82 Å². The number of benzene rings is 2. The Morgan fingerprint density at radius 2 is 1.80 bits per heavy atom. The van der Waals surface area contributed by atoms with Crippen molar-refractivity contribution in [1.82, 2.24) is 9.97 Å². The summed E-state index contributed by atoms with van der Waals surface area (Å²) in [5, 5.41) is 3.14. The van der Waals surface area contributed by atoms with Crippen LogP contribution in [-0.4, -0.2) is 15.9 Å². The third-order valence-corrected chi connectivity index (χ3v) is 5.92. The first-order valence-electron chi connectivity index (χ1n) is 9.54. The Bertz CT molecular complexity index is 1140. The lowest BCUT2D eigenvalue weighted by Crippen LogP contribution is -2.31. The molecule has 7 heteroatoms. The number of rotatable bonds is 6. The topological polar surface area (TPSA) is 74.8 Å². The van der Waals surface area contributed by atoms with Crippen LogP contribution in [-0.2, 0) is 17.0 Å². The van der Waals surface area contributed by atoms with E-state index in [0.717, 1.165) is 23.1 Å². The average Bonchev–Trinajstić information content (AvgIpc) is 2.73. The lowest BCUT2D eigenvalue weighted by atomic mass is 9.86. The highest BCUT2D eigenvalue weighted by Gasteiger charge is 2.30. The molecule has 1 aliphatic rings. The zero-order valence-electron chi connectivity index (χ0n) is 16.2. The largest absolute Gasteiger partial charge is 0.310 e. The molecule has 0 saturated heterocycles. The summed E-state index contributed by atoms with van der Waals surface area (Å²) < 4.78 is 13.1. The van der Waals surface area contributed by atoms with Gasteiger partial charge in [0.1, 0.15) is 11.6 Å². The molecular weight excluding hydrogens is 401 g/mol. The number of nitrogens with one attached hydrogen (secondary N) is 2. The van der Waals surface area contributed by atoms with Crippen molar-refractivity contribution >= 4 is 23.5 Å². The molecule has 1 amide bonds. The fourth-order valence-corrected chi connectivity index (χ4v) is 4.31. The van der Waals surface area contributed by atoms with Crippen LogP contribution in [0.1, 0.15) is 34.6 Å². The molecule has 0 aliphatic carbocycles. The number of carbonyl (C=O) groups is 1. The second-order valence-corrected chi connectivity index (χ2v) is 8.05. The fraction of sp³-hybridized carbons (Fsp3) is 0.174. The molecule has 1 unspecified atom stereocenters. The third-order valence-electron chi connectivity index (χ3n) is 4.98. The summed E-state index contributed by atoms with van der Waals surface area (Å²) in [6.07, 6.45) is 2.79. The molecule has 5 nitrogen and oxygen atoms in total. The molecule has 152 valence electrons. The van der Waals surface area contributed by atoms with Crippen LogP contribution in [0.5, 0.6) is 0 Å². The van der Waals surface area contributed by atoms with Gasteiger partial charge in [0.2, 0.25) is 5.91 Å². The number of carbonyl (C=O) groups excluding carboxylic acids is 1. The van der Waals surface area contributed by atoms with Gasteiger partial charge in [0.25, 0.3) is 5.56 Å². The van der Waals surface area contributed by atoms with Crippen LogP contribution in [0.25, 0.3) is 0 Å². The van der Waals surface area contributed by atoms with Gasteiger partial charge < -0.3 is 10.3 Å². The Morgan fingerprint density at radius 1 is 1.10 bits per heavy atom. The maximum absolute atomic E-state index is 13.1. The minimum atomic E-state index is -0.348. The monoisotopic (exact) mass is 421 g/mol. The second kappa shape index (κ2) is 8.67. The zero-order chi connectivity index (χ0) is 21.1. The van der Waals surface area contributed by atoms with E-state index in [2.05, 4.69) is 21.9 Å². The maximum atomic E-state index is 13.1. The van der Waals surface area contributed by atoms with Crippen LogP contribution in [0.15, 0.2) is 71.1 Å². The molecular formula is C23H20FN3O2S. The molecule has 2 heterocycles. The predicted octanol–water partition coefficient (Wildman–Crippen LogP) is 4.40. The minimum Gasteiger partial charge on any atom is -0.310 e. The number of fused-ring (bicyclic) bond motifs is 1. The van der Waals surface area contributed by atoms with E-state index >= 15 is 0 Å². The normalized spacial score (nSPS) is 15.4. The zero-order valence-corrected chi connectivity index (χ0v) is 17.0. The molecule has 0 spiro atoms. The van der Waals surface area contributed by atoms with Crippen molar-refractivity contribution in [3.63, 3.8) is 0 Å². The highest BCUT2D eigenvalue weighted by atomic mass is 32.2. The van der Waals surface area contributed by atoms with E-state index in [9.17, 15) is 14.0 Å². The first-order chi connectivity index (χ1) is 14.5. The molecule has 30 heavy (non-hydrogen) atoms. The van der Waals surface area contributed by atoms with Crippen molar-refractivity contribution in [1.29, 1.82) is 0 Å². The molecule has 1 aromatic heterocycles. The number of halogens is 1. The number of allylic oxidation sites excluding steroid dienone is 1. The first-order valence-corrected chi connectivity index (χ1v) is 10.5. The predicted molar refractivity (Wildman–Crippen MR) is 116 cm³/mol. The standard InChI is InChI=1S/C23H20FN3O2S/c1-2-3-14-4-8-16(9-5-14)18-12-19(28)25-21-20(18)22(29)27-23(26-21)30-13-15-6-10-17(24)11-7-15/h2,4-11,18H,1,3,12-13H2,(H2,25,26,27,28,29). The van der Waals surface area contributed by atoms with Gasteiger partial charge >= 0.3 is 0 Å². The van der Waals surface area contributed by atoms with Gasteiger partial charge in [-0.15, -0.1) is 6.58 Å². The summed E-state index contributed by atoms with van der Waals surface area (Å²) in [5.74, 6) is 0.00532. The average molecular weight is 421 g/mol. The van der Waals surface area contributed by atoms with Crippen molar-refractivity contribution < 1.29 is 9.18 Å². The molecule has 2 aromatic carbocycles. The molecule has 0 saturated carbocycles. The molecule has 2 N–H and O–H groups in total. The molecule has 0 radical (unpaired) electrons. The number of aromatic amines is 1. The van der Waals surface area contributed by atoms with E-state index in [4.69, 9.17) is 0 Å². The number of thioether (sulfide) groups is 1. The number of hydrogen-bond donors (Lipinski definition) is 2. The number of H-pyrrole nitrogens is 1. The maximum Gasteiger partial charge on any atom is 0.257 e. The van der Waals surface area contributed by atoms with Crippen LogP contribution in [0.4, 0.5) is 10.2 Å². The van der Waals surface area contributed by atoms with Crippen molar-refractivity contribution in [2.45, 2.75) is 29.7 Å². The Kier molecular flexibility index (Phi) is 5.81. The van der Waals surface area contributed by atoms with Crippen molar-refractivity contribution in [2.75, 3.05) is 5.32 Å². The van der Waals surface area contributed by atoms with Crippen LogP contribution in [0.3, 0.4) is 0 Å². The smallest absolute Gasteiger partial charge is 0.257 e. The van der Waals surface area contributed by atoms with E-state index in [1.807, 2.05) is 30.3 Å². The van der Waals surface area contributed by atoms with Crippen LogP contribution in [0.2, 0.25) is 0 Å². The van der Waals surface area contributed by atoms with Crippen LogP contribution < -0.4 is 10.9 Å². The highest BCUT2D eigenvalue weighted by Crippen LogP contribution is 2.34. The number of amides is 1. The van der Waals surface area contributed by atoms with E-state index in [0.29, 0.717) is 22.3 Å². The fourth-order valence-electron chi connectivity index (χ4n) is 3.49. The van der Waals surface area contributed by atoms with Gasteiger partial charge in [-0.1, -0.05) is 54.2 Å². The lowest BCUT2D eigenvalue weighted by molar-refractivity contribution is -0.116. The lowest BCUT2D eigenvalue weighted by Gasteiger charge is -2.24. The summed E-state index contributed by atoms with van der Waals surface area (Å²) >= 11 is 1.32. The van der Waals surface area contributed by atoms with Gasteiger partial charge in [0, 0.05) is 18.1 Å². The summed E-state index contributed by atoms with van der Waals surface area (Å²) in [4.78, 5) is 32.5. The Morgan fingerprint density at radius 3 is 2.50 bits per heavy atom. The summed E-state index contributed by atoms with van der Waals surface area (Å²) in [5.41, 5.74) is 3.13. The van der Waals surface area contributed by atoms with Crippen LogP contribution >= 0.6 is 11.8 Å². The van der Waals surface area contributed by atoms with Gasteiger partial charge in [-0.2, -0.15) is 0 Å².